The van der Waals surface area contributed by atoms with Crippen LogP contribution in [0.25, 0.3) is 17.0 Å². The van der Waals surface area contributed by atoms with Crippen molar-refractivity contribution in [1.29, 1.82) is 0 Å². The molecule has 166 valence electrons. The first kappa shape index (κ1) is 21.5. The summed E-state index contributed by atoms with van der Waals surface area (Å²) in [5, 5.41) is 7.52. The molecule has 0 N–H and O–H groups in total. The summed E-state index contributed by atoms with van der Waals surface area (Å²) in [6, 6.07) is 14.7. The van der Waals surface area contributed by atoms with Gasteiger partial charge in [-0.25, -0.2) is 9.38 Å². The highest BCUT2D eigenvalue weighted by Gasteiger charge is 2.37. The Morgan fingerprint density at radius 2 is 1.66 bits per heavy atom. The van der Waals surface area contributed by atoms with Crippen LogP contribution in [0.3, 0.4) is 0 Å². The number of halogens is 5. The summed E-state index contributed by atoms with van der Waals surface area (Å²) in [4.78, 5) is 3.48. The molecule has 2 heterocycles. The van der Waals surface area contributed by atoms with Crippen molar-refractivity contribution in [3.63, 3.8) is 0 Å². The smallest absolute Gasteiger partial charge is 0.437 e. The molecule has 0 amide bonds. The zero-order valence-electron chi connectivity index (χ0n) is 16.3. The quantitative estimate of drug-likeness (QED) is 0.370. The van der Waals surface area contributed by atoms with Gasteiger partial charge >= 0.3 is 12.8 Å². The Hall–Kier alpha value is -3.76. The van der Waals surface area contributed by atoms with Crippen molar-refractivity contribution in [2.75, 3.05) is 6.61 Å². The predicted molar refractivity (Wildman–Crippen MR) is 103 cm³/mol. The van der Waals surface area contributed by atoms with Crippen molar-refractivity contribution in [3.05, 3.63) is 72.1 Å². The second-order valence-corrected chi connectivity index (χ2v) is 6.61. The molecular weight excluding hydrogens is 435 g/mol. The SMILES string of the molecule is FC(F)Oc1ccc(-c2nnc3c(C(F)(F)F)ncc(OCCc4ccccc4)n23)cc1. The molecule has 0 aliphatic rings. The number of hydrogen-bond donors (Lipinski definition) is 0. The summed E-state index contributed by atoms with van der Waals surface area (Å²) in [5.74, 6) is -0.0578. The van der Waals surface area contributed by atoms with Crippen molar-refractivity contribution in [3.8, 4) is 23.0 Å². The van der Waals surface area contributed by atoms with E-state index in [1.54, 1.807) is 0 Å². The highest BCUT2D eigenvalue weighted by Crippen LogP contribution is 2.34. The molecule has 4 aromatic rings. The van der Waals surface area contributed by atoms with Crippen LogP contribution in [0.2, 0.25) is 0 Å². The van der Waals surface area contributed by atoms with E-state index in [2.05, 4.69) is 19.9 Å². The van der Waals surface area contributed by atoms with Crippen molar-refractivity contribution < 1.29 is 31.4 Å². The van der Waals surface area contributed by atoms with Gasteiger partial charge in [0.25, 0.3) is 0 Å². The summed E-state index contributed by atoms with van der Waals surface area (Å²) >= 11 is 0. The monoisotopic (exact) mass is 450 g/mol. The van der Waals surface area contributed by atoms with Crippen LogP contribution in [0, 0.1) is 0 Å². The van der Waals surface area contributed by atoms with Crippen LogP contribution >= 0.6 is 0 Å². The van der Waals surface area contributed by atoms with Gasteiger partial charge in [0.15, 0.2) is 17.2 Å². The molecule has 0 atom stereocenters. The van der Waals surface area contributed by atoms with Crippen molar-refractivity contribution >= 4 is 5.65 Å². The Labute approximate surface area is 178 Å². The molecule has 0 radical (unpaired) electrons. The summed E-state index contributed by atoms with van der Waals surface area (Å²) in [6.07, 6.45) is -3.29. The lowest BCUT2D eigenvalue weighted by Gasteiger charge is -2.13. The van der Waals surface area contributed by atoms with Crippen LogP contribution in [0.5, 0.6) is 11.6 Å². The fourth-order valence-electron chi connectivity index (χ4n) is 3.07. The number of benzene rings is 2. The van der Waals surface area contributed by atoms with E-state index < -0.39 is 24.1 Å². The van der Waals surface area contributed by atoms with Gasteiger partial charge in [0.2, 0.25) is 5.88 Å². The van der Waals surface area contributed by atoms with Crippen LogP contribution in [-0.4, -0.2) is 32.8 Å². The maximum absolute atomic E-state index is 13.4. The van der Waals surface area contributed by atoms with Gasteiger partial charge < -0.3 is 9.47 Å². The van der Waals surface area contributed by atoms with Gasteiger partial charge in [-0.3, -0.25) is 0 Å². The van der Waals surface area contributed by atoms with Crippen molar-refractivity contribution in [2.45, 2.75) is 19.2 Å². The first-order valence-corrected chi connectivity index (χ1v) is 9.36. The maximum atomic E-state index is 13.4. The summed E-state index contributed by atoms with van der Waals surface area (Å²) in [5.41, 5.74) is -0.435. The van der Waals surface area contributed by atoms with Crippen LogP contribution in [0.1, 0.15) is 11.3 Å². The van der Waals surface area contributed by atoms with Crippen molar-refractivity contribution in [2.24, 2.45) is 0 Å². The summed E-state index contributed by atoms with van der Waals surface area (Å²) in [6.45, 7) is -2.83. The number of alkyl halides is 5. The Morgan fingerprint density at radius 3 is 2.31 bits per heavy atom. The molecule has 0 unspecified atom stereocenters. The van der Waals surface area contributed by atoms with Crippen LogP contribution in [-0.2, 0) is 12.6 Å². The average molecular weight is 450 g/mol. The molecule has 0 spiro atoms. The standard InChI is InChI=1S/C21H15F5N4O2/c22-20(23)32-15-8-6-14(7-9-15)18-28-29-19-17(21(24,25)26)27-12-16(30(18)19)31-11-10-13-4-2-1-3-5-13/h1-9,12,20H,10-11H2. The van der Waals surface area contributed by atoms with E-state index in [1.165, 1.54) is 24.3 Å². The third kappa shape index (κ3) is 4.61. The maximum Gasteiger partial charge on any atom is 0.437 e. The molecule has 32 heavy (non-hydrogen) atoms. The van der Waals surface area contributed by atoms with Gasteiger partial charge in [-0.05, 0) is 29.8 Å². The highest BCUT2D eigenvalue weighted by molar-refractivity contribution is 5.63. The lowest BCUT2D eigenvalue weighted by Crippen LogP contribution is -2.13. The second-order valence-electron chi connectivity index (χ2n) is 6.61. The first-order chi connectivity index (χ1) is 15.3. The lowest BCUT2D eigenvalue weighted by molar-refractivity contribution is -0.140. The van der Waals surface area contributed by atoms with Crippen molar-refractivity contribution in [1.82, 2.24) is 19.6 Å². The van der Waals surface area contributed by atoms with E-state index in [9.17, 15) is 22.0 Å². The third-order valence-corrected chi connectivity index (χ3v) is 4.49. The van der Waals surface area contributed by atoms with Gasteiger partial charge in [-0.2, -0.15) is 22.0 Å². The Kier molecular flexibility index (Phi) is 5.89. The fourth-order valence-corrected chi connectivity index (χ4v) is 3.07. The zero-order chi connectivity index (χ0) is 22.7. The number of fused-ring (bicyclic) bond motifs is 1. The summed E-state index contributed by atoms with van der Waals surface area (Å²) in [7, 11) is 0. The third-order valence-electron chi connectivity index (χ3n) is 4.49. The zero-order valence-corrected chi connectivity index (χ0v) is 16.3. The molecule has 11 heteroatoms. The van der Waals surface area contributed by atoms with E-state index in [1.807, 2.05) is 30.3 Å². The molecule has 0 saturated heterocycles. The van der Waals surface area contributed by atoms with E-state index in [-0.39, 0.29) is 24.1 Å². The number of ether oxygens (including phenoxy) is 2. The molecule has 0 aliphatic carbocycles. The molecule has 2 aromatic heterocycles. The second kappa shape index (κ2) is 8.77. The first-order valence-electron chi connectivity index (χ1n) is 9.36. The predicted octanol–water partition coefficient (Wildman–Crippen LogP) is 5.03. The van der Waals surface area contributed by atoms with Gasteiger partial charge in [0, 0.05) is 12.0 Å². The minimum Gasteiger partial charge on any atom is -0.477 e. The van der Waals surface area contributed by atoms with E-state index in [0.29, 0.717) is 12.0 Å². The van der Waals surface area contributed by atoms with E-state index >= 15 is 0 Å². The molecular formula is C21H15F5N4O2. The molecule has 2 aromatic carbocycles. The molecule has 0 fully saturated rings. The van der Waals surface area contributed by atoms with Gasteiger partial charge in [-0.15, -0.1) is 10.2 Å². The molecule has 0 aliphatic heterocycles. The molecule has 4 rings (SSSR count). The average Bonchev–Trinajstić information content (AvgIpc) is 3.19. The van der Waals surface area contributed by atoms with Gasteiger partial charge in [-0.1, -0.05) is 30.3 Å². The highest BCUT2D eigenvalue weighted by atomic mass is 19.4. The Bertz CT molecular complexity index is 1190. The van der Waals surface area contributed by atoms with Crippen LogP contribution in [0.15, 0.2) is 60.8 Å². The van der Waals surface area contributed by atoms with Crippen LogP contribution in [0.4, 0.5) is 22.0 Å². The van der Waals surface area contributed by atoms with E-state index in [4.69, 9.17) is 4.74 Å². The molecule has 0 saturated carbocycles. The summed E-state index contributed by atoms with van der Waals surface area (Å²) < 4.78 is 76.2. The van der Waals surface area contributed by atoms with Gasteiger partial charge in [0.05, 0.1) is 12.8 Å². The number of rotatable bonds is 7. The van der Waals surface area contributed by atoms with Gasteiger partial charge in [0.1, 0.15) is 5.75 Å². The Morgan fingerprint density at radius 1 is 0.938 bits per heavy atom. The molecule has 6 nitrogen and oxygen atoms in total. The van der Waals surface area contributed by atoms with Crippen LogP contribution < -0.4 is 9.47 Å². The normalized spacial score (nSPS) is 11.8. The number of nitrogens with zero attached hydrogens (tertiary/aromatic N) is 4. The largest absolute Gasteiger partial charge is 0.477 e. The number of aromatic nitrogens is 4. The lowest BCUT2D eigenvalue weighted by atomic mass is 10.2. The minimum atomic E-state index is -4.76. The van der Waals surface area contributed by atoms with E-state index in [0.717, 1.165) is 16.2 Å². The minimum absolute atomic E-state index is 0.0110. The number of hydrogen-bond acceptors (Lipinski definition) is 5. The topological polar surface area (TPSA) is 61.5 Å². The Balaban J connectivity index is 1.71. The fraction of sp³-hybridized carbons (Fsp3) is 0.190. The molecule has 0 bridgehead atoms.